The summed E-state index contributed by atoms with van der Waals surface area (Å²) in [6, 6.07) is 5.95. The van der Waals surface area contributed by atoms with Gasteiger partial charge in [0.15, 0.2) is 0 Å². The summed E-state index contributed by atoms with van der Waals surface area (Å²) >= 11 is 1.64. The summed E-state index contributed by atoms with van der Waals surface area (Å²) in [6.45, 7) is 0.589. The quantitative estimate of drug-likeness (QED) is 0.604. The molecule has 1 aromatic heterocycles. The maximum Gasteiger partial charge on any atom is 0.225 e. The van der Waals surface area contributed by atoms with Crippen molar-refractivity contribution in [1.82, 2.24) is 9.88 Å². The van der Waals surface area contributed by atoms with Crippen molar-refractivity contribution in [3.8, 4) is 5.75 Å². The molecule has 2 rings (SSSR count). The number of benzene rings is 1. The third-order valence-electron chi connectivity index (χ3n) is 3.67. The average molecular weight is 322 g/mol. The first kappa shape index (κ1) is 16.7. The molecule has 2 aromatic rings. The Kier molecular flexibility index (Phi) is 5.74. The number of methoxy groups -OCH3 is 1. The van der Waals surface area contributed by atoms with Crippen LogP contribution in [0.25, 0.3) is 10.9 Å². The number of thioether (sulfide) groups is 1. The normalized spacial score (nSPS) is 10.9. The average Bonchev–Trinajstić information content (AvgIpc) is 2.79. The highest BCUT2D eigenvalue weighted by Gasteiger charge is 2.17. The summed E-state index contributed by atoms with van der Waals surface area (Å²) in [5.41, 5.74) is 2.08. The van der Waals surface area contributed by atoms with Gasteiger partial charge in [-0.1, -0.05) is 0 Å². The fourth-order valence-corrected chi connectivity index (χ4v) is 3.35. The number of aliphatic hydroxyl groups is 1. The van der Waals surface area contributed by atoms with Crippen LogP contribution in [0.1, 0.15) is 12.1 Å². The molecule has 0 fully saturated rings. The molecule has 1 heterocycles. The lowest BCUT2D eigenvalue weighted by Crippen LogP contribution is -2.27. The number of nitrogens with zero attached hydrogens (tertiary/aromatic N) is 1. The highest BCUT2D eigenvalue weighted by Crippen LogP contribution is 2.34. The van der Waals surface area contributed by atoms with E-state index in [2.05, 4.69) is 9.88 Å². The molecule has 5 nitrogen and oxygen atoms in total. The van der Waals surface area contributed by atoms with Gasteiger partial charge in [0.2, 0.25) is 5.91 Å². The minimum atomic E-state index is -0.0263. The largest absolute Gasteiger partial charge is 0.497 e. The SMILES string of the molecule is COc1ccc2c(c1)c(SC)c(CC(=O)NCCCO)n2C. The van der Waals surface area contributed by atoms with Crippen LogP contribution in [0, 0.1) is 0 Å². The second kappa shape index (κ2) is 7.56. The molecular weight excluding hydrogens is 300 g/mol. The lowest BCUT2D eigenvalue weighted by Gasteiger charge is -2.07. The molecule has 1 amide bonds. The molecule has 0 unspecified atom stereocenters. The van der Waals surface area contributed by atoms with Gasteiger partial charge in [0.25, 0.3) is 0 Å². The first-order valence-corrected chi connectivity index (χ1v) is 8.41. The number of hydrogen-bond donors (Lipinski definition) is 2. The van der Waals surface area contributed by atoms with Crippen LogP contribution in [0.15, 0.2) is 23.1 Å². The summed E-state index contributed by atoms with van der Waals surface area (Å²) in [4.78, 5) is 13.2. The second-order valence-electron chi connectivity index (χ2n) is 5.03. The predicted octanol–water partition coefficient (Wildman–Crippen LogP) is 1.95. The Hall–Kier alpha value is -1.66. The van der Waals surface area contributed by atoms with Gasteiger partial charge in [-0.3, -0.25) is 4.79 Å². The summed E-state index contributed by atoms with van der Waals surface area (Å²) in [6.07, 6.45) is 2.92. The molecular formula is C16H22N2O3S. The summed E-state index contributed by atoms with van der Waals surface area (Å²) < 4.78 is 7.36. The van der Waals surface area contributed by atoms with E-state index in [9.17, 15) is 4.79 Å². The number of carbonyl (C=O) groups is 1. The van der Waals surface area contributed by atoms with Gasteiger partial charge < -0.3 is 19.7 Å². The van der Waals surface area contributed by atoms with Crippen LogP contribution in [0.4, 0.5) is 0 Å². The second-order valence-corrected chi connectivity index (χ2v) is 5.84. The molecule has 0 aliphatic carbocycles. The predicted molar refractivity (Wildman–Crippen MR) is 89.7 cm³/mol. The van der Waals surface area contributed by atoms with E-state index in [-0.39, 0.29) is 12.5 Å². The Morgan fingerprint density at radius 3 is 2.86 bits per heavy atom. The maximum atomic E-state index is 12.1. The monoisotopic (exact) mass is 322 g/mol. The molecule has 22 heavy (non-hydrogen) atoms. The molecule has 6 heteroatoms. The fraction of sp³-hybridized carbons (Fsp3) is 0.438. The van der Waals surface area contributed by atoms with Crippen LogP contribution in [-0.4, -0.2) is 42.1 Å². The molecule has 0 atom stereocenters. The third-order valence-corrected chi connectivity index (χ3v) is 4.53. The number of hydrogen-bond acceptors (Lipinski definition) is 4. The van der Waals surface area contributed by atoms with E-state index in [0.29, 0.717) is 19.4 Å². The number of ether oxygens (including phenoxy) is 1. The Labute approximate surface area is 134 Å². The van der Waals surface area contributed by atoms with Crippen molar-refractivity contribution in [2.45, 2.75) is 17.7 Å². The van der Waals surface area contributed by atoms with Crippen LogP contribution < -0.4 is 10.1 Å². The number of aliphatic hydroxyl groups excluding tert-OH is 1. The minimum absolute atomic E-state index is 0.0263. The minimum Gasteiger partial charge on any atom is -0.497 e. The number of aromatic nitrogens is 1. The molecule has 0 saturated carbocycles. The van der Waals surface area contributed by atoms with Gasteiger partial charge >= 0.3 is 0 Å². The Balaban J connectivity index is 2.32. The van der Waals surface area contributed by atoms with Gasteiger partial charge in [0.05, 0.1) is 13.5 Å². The number of aryl methyl sites for hydroxylation is 1. The number of rotatable bonds is 7. The van der Waals surface area contributed by atoms with E-state index in [1.165, 1.54) is 0 Å². The molecule has 0 saturated heterocycles. The molecule has 1 aromatic carbocycles. The van der Waals surface area contributed by atoms with E-state index in [1.807, 2.05) is 31.5 Å². The Morgan fingerprint density at radius 2 is 2.23 bits per heavy atom. The van der Waals surface area contributed by atoms with Crippen LogP contribution in [0.3, 0.4) is 0 Å². The summed E-state index contributed by atoms with van der Waals surface area (Å²) in [7, 11) is 3.63. The standard InChI is InChI=1S/C16H22N2O3S/c1-18-13-6-5-11(21-2)9-12(13)16(22-3)14(18)10-15(20)17-7-4-8-19/h5-6,9,19H,4,7-8,10H2,1-3H3,(H,17,20). The van der Waals surface area contributed by atoms with Gasteiger partial charge in [-0.15, -0.1) is 11.8 Å². The number of carbonyl (C=O) groups excluding carboxylic acids is 1. The summed E-state index contributed by atoms with van der Waals surface area (Å²) in [5.74, 6) is 0.786. The molecule has 120 valence electrons. The van der Waals surface area contributed by atoms with E-state index in [1.54, 1.807) is 18.9 Å². The van der Waals surface area contributed by atoms with Gasteiger partial charge in [0, 0.05) is 41.7 Å². The first-order chi connectivity index (χ1) is 10.6. The molecule has 0 spiro atoms. The highest BCUT2D eigenvalue weighted by molar-refractivity contribution is 7.98. The van der Waals surface area contributed by atoms with E-state index in [4.69, 9.17) is 9.84 Å². The van der Waals surface area contributed by atoms with Crippen LogP contribution in [0.2, 0.25) is 0 Å². The zero-order valence-corrected chi connectivity index (χ0v) is 14.0. The number of amides is 1. The highest BCUT2D eigenvalue weighted by atomic mass is 32.2. The van der Waals surface area contributed by atoms with Crippen molar-refractivity contribution in [3.63, 3.8) is 0 Å². The van der Waals surface area contributed by atoms with E-state index >= 15 is 0 Å². The van der Waals surface area contributed by atoms with Crippen molar-refractivity contribution in [1.29, 1.82) is 0 Å². The fourth-order valence-electron chi connectivity index (χ4n) is 2.52. The maximum absolute atomic E-state index is 12.1. The van der Waals surface area contributed by atoms with Crippen molar-refractivity contribution in [2.24, 2.45) is 7.05 Å². The molecule has 2 N–H and O–H groups in total. The van der Waals surface area contributed by atoms with Crippen molar-refractivity contribution >= 4 is 28.6 Å². The van der Waals surface area contributed by atoms with E-state index in [0.717, 1.165) is 27.2 Å². The number of fused-ring (bicyclic) bond motifs is 1. The van der Waals surface area contributed by atoms with Gasteiger partial charge in [0.1, 0.15) is 5.75 Å². The van der Waals surface area contributed by atoms with Gasteiger partial charge in [-0.2, -0.15) is 0 Å². The van der Waals surface area contributed by atoms with Crippen molar-refractivity contribution < 1.29 is 14.6 Å². The lowest BCUT2D eigenvalue weighted by molar-refractivity contribution is -0.120. The van der Waals surface area contributed by atoms with E-state index < -0.39 is 0 Å². The van der Waals surface area contributed by atoms with Gasteiger partial charge in [-0.25, -0.2) is 0 Å². The summed E-state index contributed by atoms with van der Waals surface area (Å²) in [5, 5.41) is 12.7. The number of nitrogens with one attached hydrogen (secondary N) is 1. The molecule has 0 aliphatic rings. The van der Waals surface area contributed by atoms with Crippen LogP contribution in [-0.2, 0) is 18.3 Å². The van der Waals surface area contributed by atoms with Crippen LogP contribution in [0.5, 0.6) is 5.75 Å². The third kappa shape index (κ3) is 3.39. The van der Waals surface area contributed by atoms with Crippen molar-refractivity contribution in [3.05, 3.63) is 23.9 Å². The smallest absolute Gasteiger partial charge is 0.225 e. The Morgan fingerprint density at radius 1 is 1.45 bits per heavy atom. The zero-order chi connectivity index (χ0) is 16.1. The topological polar surface area (TPSA) is 63.5 Å². The first-order valence-electron chi connectivity index (χ1n) is 7.19. The zero-order valence-electron chi connectivity index (χ0n) is 13.2. The van der Waals surface area contributed by atoms with Crippen molar-refractivity contribution in [2.75, 3.05) is 26.5 Å². The Bertz CT molecular complexity index is 667. The molecule has 0 aliphatic heterocycles. The molecule has 0 bridgehead atoms. The van der Waals surface area contributed by atoms with Gasteiger partial charge in [-0.05, 0) is 30.9 Å². The lowest BCUT2D eigenvalue weighted by atomic mass is 10.2. The molecule has 0 radical (unpaired) electrons. The van der Waals surface area contributed by atoms with Crippen LogP contribution >= 0.6 is 11.8 Å².